The van der Waals surface area contributed by atoms with Gasteiger partial charge in [-0.25, -0.2) is 0 Å². The summed E-state index contributed by atoms with van der Waals surface area (Å²) in [5.74, 6) is 0. The molecule has 0 aromatic carbocycles. The fourth-order valence-electron chi connectivity index (χ4n) is 0.845. The minimum Gasteiger partial charge on any atom is -0.303 e. The molecule has 0 aromatic rings. The number of carbonyl (C=O) groups excluding carboxylic acids is 1. The number of allylic oxidation sites excluding steroid dienone is 1. The molecule has 0 N–H and O–H groups in total. The van der Waals surface area contributed by atoms with Crippen LogP contribution in [0.3, 0.4) is 0 Å². The van der Waals surface area contributed by atoms with Crippen LogP contribution in [-0.2, 0) is 4.79 Å². The fourth-order valence-corrected chi connectivity index (χ4v) is 2.54. The second-order valence-corrected chi connectivity index (χ2v) is 3.92. The van der Waals surface area contributed by atoms with Gasteiger partial charge in [0.05, 0.1) is 0 Å². The van der Waals surface area contributed by atoms with Crippen molar-refractivity contribution in [3.63, 3.8) is 0 Å². The van der Waals surface area contributed by atoms with E-state index in [1.54, 1.807) is 23.5 Å². The Balaban J connectivity index is 4.33. The van der Waals surface area contributed by atoms with Crippen LogP contribution in [0.2, 0.25) is 0 Å². The van der Waals surface area contributed by atoms with Crippen LogP contribution in [0.5, 0.6) is 0 Å². The molecular weight excluding hydrogens is 176 g/mol. The van der Waals surface area contributed by atoms with Crippen molar-refractivity contribution in [2.24, 2.45) is 0 Å². The second-order valence-electron chi connectivity index (χ2n) is 2.02. The predicted octanol–water partition coefficient (Wildman–Crippen LogP) is 2.92. The lowest BCUT2D eigenvalue weighted by Gasteiger charge is -2.05. The maximum Gasteiger partial charge on any atom is 0.124 e. The van der Waals surface area contributed by atoms with Gasteiger partial charge in [-0.1, -0.05) is 6.92 Å². The fraction of sp³-hybridized carbons (Fsp3) is 0.625. The van der Waals surface area contributed by atoms with E-state index in [1.807, 2.05) is 12.5 Å². The van der Waals surface area contributed by atoms with Crippen LogP contribution in [0, 0.1) is 0 Å². The van der Waals surface area contributed by atoms with E-state index in [2.05, 4.69) is 6.92 Å². The minimum atomic E-state index is 0.591. The zero-order valence-corrected chi connectivity index (χ0v) is 8.85. The molecular formula is C8H14OS2. The quantitative estimate of drug-likeness (QED) is 0.620. The van der Waals surface area contributed by atoms with E-state index in [0.29, 0.717) is 6.42 Å². The molecule has 0 radical (unpaired) electrons. The molecule has 0 aliphatic heterocycles. The number of carbonyl (C=O) groups is 1. The molecule has 0 amide bonds. The van der Waals surface area contributed by atoms with Gasteiger partial charge < -0.3 is 4.79 Å². The van der Waals surface area contributed by atoms with Gasteiger partial charge >= 0.3 is 0 Å². The highest BCUT2D eigenvalue weighted by atomic mass is 32.2. The normalized spacial score (nSPS) is 9.36. The van der Waals surface area contributed by atoms with Crippen LogP contribution in [-0.4, -0.2) is 18.8 Å². The molecule has 64 valence electrons. The van der Waals surface area contributed by atoms with Crippen LogP contribution in [0.4, 0.5) is 0 Å². The molecule has 0 atom stereocenters. The highest BCUT2D eigenvalue weighted by Crippen LogP contribution is 2.29. The number of rotatable bonds is 5. The molecule has 0 aliphatic rings. The minimum absolute atomic E-state index is 0.591. The summed E-state index contributed by atoms with van der Waals surface area (Å²) < 4.78 is 1.29. The van der Waals surface area contributed by atoms with E-state index >= 15 is 0 Å². The summed E-state index contributed by atoms with van der Waals surface area (Å²) >= 11 is 3.45. The first kappa shape index (κ1) is 11.1. The molecule has 0 aromatic heterocycles. The molecule has 0 rings (SSSR count). The third-order valence-electron chi connectivity index (χ3n) is 1.42. The van der Waals surface area contributed by atoms with Crippen LogP contribution in [0.1, 0.15) is 19.8 Å². The average molecular weight is 190 g/mol. The molecule has 0 saturated carbocycles. The maximum absolute atomic E-state index is 10.3. The van der Waals surface area contributed by atoms with Crippen molar-refractivity contribution in [2.75, 3.05) is 12.5 Å². The van der Waals surface area contributed by atoms with Gasteiger partial charge in [-0.3, -0.25) is 0 Å². The Hall–Kier alpha value is 0.110. The summed E-state index contributed by atoms with van der Waals surface area (Å²) in [7, 11) is 0. The molecule has 0 fully saturated rings. The molecule has 0 aliphatic carbocycles. The van der Waals surface area contributed by atoms with E-state index in [9.17, 15) is 4.79 Å². The summed E-state index contributed by atoms with van der Waals surface area (Å²) in [6, 6.07) is 0. The Bertz CT molecular complexity index is 146. The summed E-state index contributed by atoms with van der Waals surface area (Å²) in [4.78, 5) is 10.3. The third-order valence-corrected chi connectivity index (χ3v) is 3.73. The van der Waals surface area contributed by atoms with Gasteiger partial charge in [0.1, 0.15) is 6.29 Å². The second kappa shape index (κ2) is 6.80. The van der Waals surface area contributed by atoms with Gasteiger partial charge in [0.2, 0.25) is 0 Å². The van der Waals surface area contributed by atoms with Gasteiger partial charge in [0, 0.05) is 10.7 Å². The van der Waals surface area contributed by atoms with Crippen molar-refractivity contribution in [3.05, 3.63) is 9.81 Å². The lowest BCUT2D eigenvalue weighted by Crippen LogP contribution is -1.85. The first-order chi connectivity index (χ1) is 5.29. The van der Waals surface area contributed by atoms with E-state index < -0.39 is 0 Å². The molecule has 1 nitrogen and oxygen atoms in total. The predicted molar refractivity (Wildman–Crippen MR) is 55.0 cm³/mol. The zero-order chi connectivity index (χ0) is 8.69. The summed E-state index contributed by atoms with van der Waals surface area (Å²) in [5, 5.41) is 0. The number of hydrogen-bond donors (Lipinski definition) is 0. The van der Waals surface area contributed by atoms with Crippen molar-refractivity contribution >= 4 is 29.8 Å². The molecule has 0 heterocycles. The van der Waals surface area contributed by atoms with Crippen LogP contribution in [0.15, 0.2) is 9.81 Å². The highest BCUT2D eigenvalue weighted by molar-refractivity contribution is 8.21. The summed E-state index contributed by atoms with van der Waals surface area (Å²) in [6.45, 7) is 2.09. The number of aldehydes is 1. The summed E-state index contributed by atoms with van der Waals surface area (Å²) in [6.07, 6.45) is 6.65. The number of hydrogen-bond acceptors (Lipinski definition) is 3. The molecule has 0 bridgehead atoms. The monoisotopic (exact) mass is 190 g/mol. The van der Waals surface area contributed by atoms with Crippen LogP contribution >= 0.6 is 23.5 Å². The lowest BCUT2D eigenvalue weighted by atomic mass is 10.2. The number of thioether (sulfide) groups is 2. The van der Waals surface area contributed by atoms with Gasteiger partial charge in [-0.05, 0) is 24.5 Å². The van der Waals surface area contributed by atoms with Crippen molar-refractivity contribution < 1.29 is 4.79 Å². The van der Waals surface area contributed by atoms with Crippen molar-refractivity contribution in [1.29, 1.82) is 0 Å². The molecule has 11 heavy (non-hydrogen) atoms. The maximum atomic E-state index is 10.3. The van der Waals surface area contributed by atoms with E-state index in [0.717, 1.165) is 12.7 Å². The Labute approximate surface area is 77.0 Å². The topological polar surface area (TPSA) is 17.1 Å². The van der Waals surface area contributed by atoms with Crippen LogP contribution in [0.25, 0.3) is 0 Å². The SMILES string of the molecule is CCC(CC=O)=C(SC)SC. The molecule has 0 spiro atoms. The standard InChI is InChI=1S/C8H14OS2/c1-4-7(5-6-9)8(10-2)11-3/h6H,4-5H2,1-3H3. The first-order valence-corrected chi connectivity index (χ1v) is 5.98. The third kappa shape index (κ3) is 3.87. The van der Waals surface area contributed by atoms with E-state index in [1.165, 1.54) is 9.81 Å². The van der Waals surface area contributed by atoms with Crippen molar-refractivity contribution in [2.45, 2.75) is 19.8 Å². The smallest absolute Gasteiger partial charge is 0.124 e. The van der Waals surface area contributed by atoms with Gasteiger partial charge in [-0.2, -0.15) is 0 Å². The lowest BCUT2D eigenvalue weighted by molar-refractivity contribution is -0.107. The van der Waals surface area contributed by atoms with E-state index in [4.69, 9.17) is 0 Å². The van der Waals surface area contributed by atoms with Gasteiger partial charge in [0.15, 0.2) is 0 Å². The van der Waals surface area contributed by atoms with E-state index in [-0.39, 0.29) is 0 Å². The van der Waals surface area contributed by atoms with Gasteiger partial charge in [-0.15, -0.1) is 23.5 Å². The molecule has 3 heteroatoms. The van der Waals surface area contributed by atoms with Gasteiger partial charge in [0.25, 0.3) is 0 Å². The summed E-state index contributed by atoms with van der Waals surface area (Å²) in [5.41, 5.74) is 1.26. The van der Waals surface area contributed by atoms with Crippen molar-refractivity contribution in [1.82, 2.24) is 0 Å². The first-order valence-electron chi connectivity index (χ1n) is 3.53. The van der Waals surface area contributed by atoms with Crippen molar-refractivity contribution in [3.8, 4) is 0 Å². The Kier molecular flexibility index (Phi) is 6.87. The average Bonchev–Trinajstić information content (AvgIpc) is 2.05. The Morgan fingerprint density at radius 3 is 2.18 bits per heavy atom. The largest absolute Gasteiger partial charge is 0.303 e. The molecule has 0 unspecified atom stereocenters. The highest BCUT2D eigenvalue weighted by Gasteiger charge is 2.01. The molecule has 0 saturated heterocycles. The zero-order valence-electron chi connectivity index (χ0n) is 7.22. The Morgan fingerprint density at radius 1 is 1.36 bits per heavy atom. The Morgan fingerprint density at radius 2 is 1.91 bits per heavy atom. The van der Waals surface area contributed by atoms with Crippen LogP contribution < -0.4 is 0 Å².